The Morgan fingerprint density at radius 3 is 2.69 bits per heavy atom. The maximum Gasteiger partial charge on any atom is 0.229 e. The van der Waals surface area contributed by atoms with Gasteiger partial charge in [0.1, 0.15) is 25.0 Å². The molecule has 1 saturated heterocycles. The molecule has 7 heteroatoms. The van der Waals surface area contributed by atoms with Crippen molar-refractivity contribution in [2.45, 2.75) is 32.7 Å². The van der Waals surface area contributed by atoms with Crippen molar-refractivity contribution < 1.29 is 9.53 Å². The molecule has 140 valence electrons. The quantitative estimate of drug-likeness (QED) is 0.785. The number of carbonyl (C=O) groups excluding carboxylic acids is 1. The monoisotopic (exact) mass is 357 g/mol. The molecule has 1 aromatic carbocycles. The van der Waals surface area contributed by atoms with E-state index in [1.54, 1.807) is 11.0 Å². The summed E-state index contributed by atoms with van der Waals surface area (Å²) in [6.07, 6.45) is 7.02. The minimum absolute atomic E-state index is 0.0423. The van der Waals surface area contributed by atoms with Crippen LogP contribution in [-0.2, 0) is 11.3 Å². The summed E-state index contributed by atoms with van der Waals surface area (Å²) in [6.45, 7) is 6.40. The first-order chi connectivity index (χ1) is 12.7. The number of carbonyl (C=O) groups is 1. The average molecular weight is 357 g/mol. The molecule has 1 aliphatic heterocycles. The van der Waals surface area contributed by atoms with E-state index in [9.17, 15) is 4.79 Å². The lowest BCUT2D eigenvalue weighted by Gasteiger charge is -2.26. The summed E-state index contributed by atoms with van der Waals surface area (Å²) >= 11 is 0. The second-order valence-electron chi connectivity index (χ2n) is 6.78. The van der Waals surface area contributed by atoms with Crippen molar-refractivity contribution in [3.05, 3.63) is 36.9 Å². The minimum Gasteiger partial charge on any atom is -0.492 e. The zero-order chi connectivity index (χ0) is 18.2. The molecule has 2 aromatic rings. The summed E-state index contributed by atoms with van der Waals surface area (Å²) < 4.78 is 7.47. The highest BCUT2D eigenvalue weighted by atomic mass is 16.5. The maximum atomic E-state index is 12.3. The van der Waals surface area contributed by atoms with Gasteiger partial charge in [0.15, 0.2) is 0 Å². The average Bonchev–Trinajstić information content (AvgIpc) is 3.17. The Bertz CT molecular complexity index is 666. The molecule has 1 aliphatic rings. The van der Waals surface area contributed by atoms with E-state index in [1.807, 2.05) is 31.2 Å². The fourth-order valence-corrected chi connectivity index (χ4v) is 3.07. The Morgan fingerprint density at radius 2 is 2.00 bits per heavy atom. The summed E-state index contributed by atoms with van der Waals surface area (Å²) in [4.78, 5) is 18.6. The topological polar surface area (TPSA) is 72.3 Å². The van der Waals surface area contributed by atoms with Gasteiger partial charge < -0.3 is 10.1 Å². The number of likely N-dealkylation sites (tertiary alicyclic amines) is 1. The normalized spacial score (nSPS) is 16.2. The first-order valence-corrected chi connectivity index (χ1v) is 9.29. The van der Waals surface area contributed by atoms with Gasteiger partial charge in [-0.25, -0.2) is 4.98 Å². The van der Waals surface area contributed by atoms with Crippen molar-refractivity contribution in [2.75, 3.05) is 31.6 Å². The van der Waals surface area contributed by atoms with Crippen LogP contribution in [0, 0.1) is 5.92 Å². The molecule has 1 fully saturated rings. The predicted molar refractivity (Wildman–Crippen MR) is 100 cm³/mol. The van der Waals surface area contributed by atoms with Crippen molar-refractivity contribution in [2.24, 2.45) is 5.92 Å². The van der Waals surface area contributed by atoms with Crippen LogP contribution >= 0.6 is 0 Å². The summed E-state index contributed by atoms with van der Waals surface area (Å²) in [7, 11) is 0. The van der Waals surface area contributed by atoms with Crippen molar-refractivity contribution in [1.82, 2.24) is 19.7 Å². The van der Waals surface area contributed by atoms with E-state index >= 15 is 0 Å². The summed E-state index contributed by atoms with van der Waals surface area (Å²) in [5.74, 6) is 0.590. The van der Waals surface area contributed by atoms with Gasteiger partial charge in [-0.05, 0) is 50.2 Å². The van der Waals surface area contributed by atoms with Gasteiger partial charge >= 0.3 is 0 Å². The van der Waals surface area contributed by atoms with Crippen molar-refractivity contribution >= 4 is 11.6 Å². The number of hydrogen-bond acceptors (Lipinski definition) is 5. The van der Waals surface area contributed by atoms with Crippen LogP contribution in [0.2, 0.25) is 0 Å². The fourth-order valence-electron chi connectivity index (χ4n) is 3.07. The van der Waals surface area contributed by atoms with Crippen molar-refractivity contribution in [1.29, 1.82) is 0 Å². The molecule has 7 nitrogen and oxygen atoms in total. The van der Waals surface area contributed by atoms with E-state index < -0.39 is 0 Å². The molecule has 0 spiro atoms. The second kappa shape index (κ2) is 9.33. The highest BCUT2D eigenvalue weighted by Crippen LogP contribution is 2.17. The number of hydrogen-bond donors (Lipinski definition) is 1. The molecule has 0 aliphatic carbocycles. The molecule has 26 heavy (non-hydrogen) atoms. The van der Waals surface area contributed by atoms with Crippen molar-refractivity contribution in [3.8, 4) is 5.75 Å². The molecule has 1 atom stereocenters. The van der Waals surface area contributed by atoms with Crippen molar-refractivity contribution in [3.63, 3.8) is 0 Å². The number of ether oxygens (including phenoxy) is 1. The van der Waals surface area contributed by atoms with E-state index in [-0.39, 0.29) is 11.8 Å². The zero-order valence-corrected chi connectivity index (χ0v) is 15.3. The highest BCUT2D eigenvalue weighted by molar-refractivity contribution is 5.92. The van der Waals surface area contributed by atoms with Gasteiger partial charge in [-0.3, -0.25) is 14.4 Å². The van der Waals surface area contributed by atoms with Crippen LogP contribution in [0.15, 0.2) is 36.9 Å². The summed E-state index contributed by atoms with van der Waals surface area (Å²) in [6, 6.07) is 7.54. The molecule has 0 unspecified atom stereocenters. The SMILES string of the molecule is C[C@@H](Cn1cncn1)C(=O)Nc1ccc(OCCN2CCCCC2)cc1. The molecule has 3 rings (SSSR count). The Labute approximate surface area is 154 Å². The van der Waals surface area contributed by atoms with Crippen LogP contribution < -0.4 is 10.1 Å². The molecule has 0 bridgehead atoms. The lowest BCUT2D eigenvalue weighted by Crippen LogP contribution is -2.33. The van der Waals surface area contributed by atoms with E-state index in [0.29, 0.717) is 13.2 Å². The van der Waals surface area contributed by atoms with E-state index in [0.717, 1.165) is 18.0 Å². The van der Waals surface area contributed by atoms with E-state index in [2.05, 4.69) is 20.3 Å². The van der Waals surface area contributed by atoms with E-state index in [1.165, 1.54) is 38.7 Å². The number of piperidine rings is 1. The highest BCUT2D eigenvalue weighted by Gasteiger charge is 2.14. The Hall–Kier alpha value is -2.41. The van der Waals surface area contributed by atoms with Crippen LogP contribution in [0.3, 0.4) is 0 Å². The van der Waals surface area contributed by atoms with Gasteiger partial charge in [-0.2, -0.15) is 5.10 Å². The Morgan fingerprint density at radius 1 is 1.23 bits per heavy atom. The first-order valence-electron chi connectivity index (χ1n) is 9.29. The predicted octanol–water partition coefficient (Wildman–Crippen LogP) is 2.42. The molecule has 0 saturated carbocycles. The van der Waals surface area contributed by atoms with Gasteiger partial charge in [0.25, 0.3) is 0 Å². The van der Waals surface area contributed by atoms with Gasteiger partial charge in [-0.15, -0.1) is 0 Å². The first kappa shape index (κ1) is 18.4. The molecular weight excluding hydrogens is 330 g/mol. The largest absolute Gasteiger partial charge is 0.492 e. The lowest BCUT2D eigenvalue weighted by molar-refractivity contribution is -0.119. The summed E-state index contributed by atoms with van der Waals surface area (Å²) in [5, 5.41) is 6.95. The minimum atomic E-state index is -0.197. The smallest absolute Gasteiger partial charge is 0.229 e. The van der Waals surface area contributed by atoms with Gasteiger partial charge in [-0.1, -0.05) is 13.3 Å². The number of nitrogens with zero attached hydrogens (tertiary/aromatic N) is 4. The number of amides is 1. The third kappa shape index (κ3) is 5.56. The lowest BCUT2D eigenvalue weighted by atomic mass is 10.1. The van der Waals surface area contributed by atoms with Gasteiger partial charge in [0.05, 0.1) is 12.5 Å². The van der Waals surface area contributed by atoms with Crippen LogP contribution in [-0.4, -0.2) is 51.8 Å². The zero-order valence-electron chi connectivity index (χ0n) is 15.3. The number of aromatic nitrogens is 3. The molecular formula is C19H27N5O2. The summed E-state index contributed by atoms with van der Waals surface area (Å²) in [5.41, 5.74) is 0.767. The van der Waals surface area contributed by atoms with Gasteiger partial charge in [0, 0.05) is 12.2 Å². The molecule has 1 N–H and O–H groups in total. The number of anilines is 1. The molecule has 2 heterocycles. The number of nitrogens with one attached hydrogen (secondary N) is 1. The Balaban J connectivity index is 1.41. The van der Waals surface area contributed by atoms with Crippen LogP contribution in [0.5, 0.6) is 5.75 Å². The number of rotatable bonds is 8. The third-order valence-electron chi connectivity index (χ3n) is 4.62. The van der Waals surface area contributed by atoms with E-state index in [4.69, 9.17) is 4.74 Å². The standard InChI is InChI=1S/C19H27N5O2/c1-16(13-24-15-20-14-21-24)19(25)22-17-5-7-18(8-6-17)26-12-11-23-9-3-2-4-10-23/h5-8,14-16H,2-4,9-13H2,1H3,(H,22,25)/t16-/m0/s1. The number of benzene rings is 1. The second-order valence-corrected chi connectivity index (χ2v) is 6.78. The van der Waals surface area contributed by atoms with Crippen LogP contribution in [0.25, 0.3) is 0 Å². The fraction of sp³-hybridized carbons (Fsp3) is 0.526. The molecule has 1 aromatic heterocycles. The Kier molecular flexibility index (Phi) is 6.60. The third-order valence-corrected chi connectivity index (χ3v) is 4.62. The maximum absolute atomic E-state index is 12.3. The molecule has 0 radical (unpaired) electrons. The molecule has 1 amide bonds. The van der Waals surface area contributed by atoms with Crippen LogP contribution in [0.4, 0.5) is 5.69 Å². The van der Waals surface area contributed by atoms with Crippen LogP contribution in [0.1, 0.15) is 26.2 Å². The van der Waals surface area contributed by atoms with Gasteiger partial charge in [0.2, 0.25) is 5.91 Å².